The van der Waals surface area contributed by atoms with Gasteiger partial charge >= 0.3 is 0 Å². The Morgan fingerprint density at radius 2 is 2.24 bits per heavy atom. The van der Waals surface area contributed by atoms with Crippen LogP contribution in [-0.4, -0.2) is 15.1 Å². The fraction of sp³-hybridized carbons (Fsp3) is 0.417. The molecule has 17 heavy (non-hydrogen) atoms. The number of hydrogen-bond acceptors (Lipinski definition) is 4. The third kappa shape index (κ3) is 2.72. The van der Waals surface area contributed by atoms with E-state index in [0.717, 1.165) is 6.42 Å². The van der Waals surface area contributed by atoms with Crippen molar-refractivity contribution in [2.45, 2.75) is 27.2 Å². The second kappa shape index (κ2) is 4.06. The van der Waals surface area contributed by atoms with E-state index in [1.807, 2.05) is 6.07 Å². The van der Waals surface area contributed by atoms with Gasteiger partial charge in [0.25, 0.3) is 5.89 Å². The molecule has 0 spiro atoms. The molecule has 5 nitrogen and oxygen atoms in total. The van der Waals surface area contributed by atoms with Gasteiger partial charge in [0.2, 0.25) is 0 Å². The minimum Gasteiger partial charge on any atom is -0.356 e. The summed E-state index contributed by atoms with van der Waals surface area (Å²) in [6.45, 7) is 6.35. The van der Waals surface area contributed by atoms with E-state index in [9.17, 15) is 0 Å². The van der Waals surface area contributed by atoms with Gasteiger partial charge in [0, 0.05) is 12.6 Å². The van der Waals surface area contributed by atoms with Gasteiger partial charge in [0.05, 0.1) is 5.56 Å². The highest BCUT2D eigenvalue weighted by atomic mass is 16.5. The van der Waals surface area contributed by atoms with Crippen LogP contribution in [0.4, 0.5) is 0 Å². The normalized spacial score (nSPS) is 11.4. The minimum absolute atomic E-state index is 0.120. The SMILES string of the molecule is CC(C)(C)Cc1noc(-c2cc(C#N)c[nH]2)n1. The van der Waals surface area contributed by atoms with Crippen molar-refractivity contribution >= 4 is 0 Å². The standard InChI is InChI=1S/C12H14N4O/c1-12(2,3)5-10-15-11(17-16-10)9-4-8(6-13)7-14-9/h4,7,14H,5H2,1-3H3. The Balaban J connectivity index is 2.21. The van der Waals surface area contributed by atoms with Crippen LogP contribution in [0.2, 0.25) is 0 Å². The quantitative estimate of drug-likeness (QED) is 0.859. The molecule has 0 aromatic carbocycles. The summed E-state index contributed by atoms with van der Waals surface area (Å²) in [5.41, 5.74) is 1.35. The lowest BCUT2D eigenvalue weighted by molar-refractivity contribution is 0.374. The van der Waals surface area contributed by atoms with Crippen molar-refractivity contribution in [3.63, 3.8) is 0 Å². The van der Waals surface area contributed by atoms with Crippen LogP contribution in [0.25, 0.3) is 11.6 Å². The first-order valence-corrected chi connectivity index (χ1v) is 5.39. The summed E-state index contributed by atoms with van der Waals surface area (Å²) in [5.74, 6) is 1.10. The fourth-order valence-electron chi connectivity index (χ4n) is 1.49. The molecule has 5 heteroatoms. The van der Waals surface area contributed by atoms with Gasteiger partial charge in [0.1, 0.15) is 11.8 Å². The number of rotatable bonds is 2. The van der Waals surface area contributed by atoms with E-state index in [-0.39, 0.29) is 5.41 Å². The van der Waals surface area contributed by atoms with Gasteiger partial charge in [-0.25, -0.2) is 0 Å². The predicted molar refractivity (Wildman–Crippen MR) is 62.0 cm³/mol. The van der Waals surface area contributed by atoms with Crippen molar-refractivity contribution in [1.82, 2.24) is 15.1 Å². The summed E-state index contributed by atoms with van der Waals surface area (Å²) in [4.78, 5) is 7.23. The number of nitrogens with one attached hydrogen (secondary N) is 1. The Morgan fingerprint density at radius 1 is 1.47 bits per heavy atom. The zero-order chi connectivity index (χ0) is 12.5. The molecule has 1 N–H and O–H groups in total. The summed E-state index contributed by atoms with van der Waals surface area (Å²) >= 11 is 0. The average molecular weight is 230 g/mol. The molecule has 0 aliphatic heterocycles. The highest BCUT2D eigenvalue weighted by Gasteiger charge is 2.17. The summed E-state index contributed by atoms with van der Waals surface area (Å²) in [7, 11) is 0. The zero-order valence-electron chi connectivity index (χ0n) is 10.1. The van der Waals surface area contributed by atoms with Crippen LogP contribution in [0, 0.1) is 16.7 Å². The monoisotopic (exact) mass is 230 g/mol. The van der Waals surface area contributed by atoms with Crippen molar-refractivity contribution in [2.75, 3.05) is 0 Å². The molecule has 2 aromatic rings. The predicted octanol–water partition coefficient (Wildman–Crippen LogP) is 2.52. The van der Waals surface area contributed by atoms with Crippen molar-refractivity contribution in [2.24, 2.45) is 5.41 Å². The van der Waals surface area contributed by atoms with Crippen LogP contribution in [-0.2, 0) is 6.42 Å². The van der Waals surface area contributed by atoms with Crippen LogP contribution >= 0.6 is 0 Å². The zero-order valence-corrected chi connectivity index (χ0v) is 10.1. The Bertz CT molecular complexity index is 554. The lowest BCUT2D eigenvalue weighted by Gasteiger charge is -2.14. The molecule has 0 radical (unpaired) electrons. The molecular weight excluding hydrogens is 216 g/mol. The first-order valence-electron chi connectivity index (χ1n) is 5.39. The van der Waals surface area contributed by atoms with Crippen LogP contribution in [0.3, 0.4) is 0 Å². The smallest absolute Gasteiger partial charge is 0.274 e. The second-order valence-corrected chi connectivity index (χ2v) is 5.17. The summed E-state index contributed by atoms with van der Waals surface area (Å²) in [5, 5.41) is 12.6. The first kappa shape index (κ1) is 11.4. The van der Waals surface area contributed by atoms with Crippen molar-refractivity contribution in [1.29, 1.82) is 5.26 Å². The molecule has 0 saturated carbocycles. The molecule has 0 amide bonds. The van der Waals surface area contributed by atoms with Gasteiger partial charge in [-0.05, 0) is 11.5 Å². The Labute approximate surface area is 99.5 Å². The molecule has 0 aliphatic rings. The molecule has 88 valence electrons. The van der Waals surface area contributed by atoms with E-state index in [1.54, 1.807) is 12.3 Å². The van der Waals surface area contributed by atoms with Gasteiger partial charge in [-0.3, -0.25) is 0 Å². The molecule has 0 fully saturated rings. The second-order valence-electron chi connectivity index (χ2n) is 5.17. The van der Waals surface area contributed by atoms with E-state index in [0.29, 0.717) is 23.0 Å². The molecule has 0 unspecified atom stereocenters. The Hall–Kier alpha value is -2.09. The molecular formula is C12H14N4O. The van der Waals surface area contributed by atoms with E-state index in [2.05, 4.69) is 35.9 Å². The van der Waals surface area contributed by atoms with E-state index < -0.39 is 0 Å². The largest absolute Gasteiger partial charge is 0.356 e. The molecule has 0 aliphatic carbocycles. The number of H-pyrrole nitrogens is 1. The summed E-state index contributed by atoms with van der Waals surface area (Å²) in [6, 6.07) is 3.73. The Kier molecular flexibility index (Phi) is 2.72. The number of aromatic nitrogens is 3. The fourth-order valence-corrected chi connectivity index (χ4v) is 1.49. The lowest BCUT2D eigenvalue weighted by atomic mass is 9.92. The summed E-state index contributed by atoms with van der Waals surface area (Å²) in [6.07, 6.45) is 2.37. The maximum absolute atomic E-state index is 8.72. The lowest BCUT2D eigenvalue weighted by Crippen LogP contribution is -2.10. The molecule has 2 heterocycles. The van der Waals surface area contributed by atoms with E-state index in [1.165, 1.54) is 0 Å². The maximum atomic E-state index is 8.72. The van der Waals surface area contributed by atoms with Crippen LogP contribution in [0.15, 0.2) is 16.8 Å². The molecule has 0 atom stereocenters. The van der Waals surface area contributed by atoms with Crippen molar-refractivity contribution in [3.05, 3.63) is 23.7 Å². The van der Waals surface area contributed by atoms with Gasteiger partial charge in [-0.15, -0.1) is 0 Å². The van der Waals surface area contributed by atoms with Gasteiger partial charge in [0.15, 0.2) is 5.82 Å². The van der Waals surface area contributed by atoms with Gasteiger partial charge in [-0.2, -0.15) is 10.2 Å². The molecule has 0 saturated heterocycles. The van der Waals surface area contributed by atoms with Crippen LogP contribution < -0.4 is 0 Å². The van der Waals surface area contributed by atoms with Crippen LogP contribution in [0.5, 0.6) is 0 Å². The highest BCUT2D eigenvalue weighted by molar-refractivity contribution is 5.51. The first-order chi connectivity index (χ1) is 7.98. The van der Waals surface area contributed by atoms with Gasteiger partial charge < -0.3 is 9.51 Å². The molecule has 2 rings (SSSR count). The van der Waals surface area contributed by atoms with Crippen LogP contribution in [0.1, 0.15) is 32.2 Å². The van der Waals surface area contributed by atoms with E-state index in [4.69, 9.17) is 9.78 Å². The number of hydrogen-bond donors (Lipinski definition) is 1. The third-order valence-electron chi connectivity index (χ3n) is 2.20. The minimum atomic E-state index is 0.120. The number of nitriles is 1. The molecule has 0 bridgehead atoms. The summed E-state index contributed by atoms with van der Waals surface area (Å²) < 4.78 is 5.15. The highest BCUT2D eigenvalue weighted by Crippen LogP contribution is 2.21. The van der Waals surface area contributed by atoms with Crippen molar-refractivity contribution in [3.8, 4) is 17.7 Å². The van der Waals surface area contributed by atoms with Crippen molar-refractivity contribution < 1.29 is 4.52 Å². The average Bonchev–Trinajstić information content (AvgIpc) is 2.82. The Morgan fingerprint density at radius 3 is 2.82 bits per heavy atom. The number of nitrogens with zero attached hydrogens (tertiary/aromatic N) is 3. The number of aromatic amines is 1. The van der Waals surface area contributed by atoms with E-state index >= 15 is 0 Å². The van der Waals surface area contributed by atoms with Gasteiger partial charge in [-0.1, -0.05) is 25.9 Å². The molecule has 2 aromatic heterocycles. The third-order valence-corrected chi connectivity index (χ3v) is 2.20. The topological polar surface area (TPSA) is 78.5 Å². The maximum Gasteiger partial charge on any atom is 0.274 e.